The van der Waals surface area contributed by atoms with Gasteiger partial charge in [0.1, 0.15) is 17.5 Å². The first-order chi connectivity index (χ1) is 9.10. The van der Waals surface area contributed by atoms with E-state index in [0.717, 1.165) is 36.8 Å². The Morgan fingerprint density at radius 3 is 2.37 bits per heavy atom. The molecule has 0 aliphatic carbocycles. The summed E-state index contributed by atoms with van der Waals surface area (Å²) < 4.78 is 0. The molecule has 4 heteroatoms. The fraction of sp³-hybridized carbons (Fsp3) is 0.733. The Hall–Kier alpha value is -1.32. The maximum Gasteiger partial charge on any atom is 0.133 e. The van der Waals surface area contributed by atoms with E-state index in [-0.39, 0.29) is 0 Å². The van der Waals surface area contributed by atoms with Crippen LogP contribution in [0, 0.1) is 5.92 Å². The van der Waals surface area contributed by atoms with Gasteiger partial charge in [0.15, 0.2) is 0 Å². The average Bonchev–Trinajstić information content (AvgIpc) is 2.38. The topological polar surface area (TPSA) is 49.8 Å². The summed E-state index contributed by atoms with van der Waals surface area (Å²) in [5.41, 5.74) is 0. The lowest BCUT2D eigenvalue weighted by atomic mass is 10.0. The minimum atomic E-state index is 0.420. The number of rotatable bonds is 8. The summed E-state index contributed by atoms with van der Waals surface area (Å²) in [6.07, 6.45) is 3.16. The first kappa shape index (κ1) is 15.7. The smallest absolute Gasteiger partial charge is 0.133 e. The van der Waals surface area contributed by atoms with Gasteiger partial charge < -0.3 is 10.6 Å². The number of hydrogen-bond donors (Lipinski definition) is 2. The van der Waals surface area contributed by atoms with Gasteiger partial charge in [0.2, 0.25) is 0 Å². The van der Waals surface area contributed by atoms with E-state index in [1.165, 1.54) is 6.42 Å². The first-order valence-electron chi connectivity index (χ1n) is 7.49. The van der Waals surface area contributed by atoms with E-state index in [0.29, 0.717) is 12.0 Å². The van der Waals surface area contributed by atoms with Crippen LogP contribution in [0.5, 0.6) is 0 Å². The van der Waals surface area contributed by atoms with Crippen molar-refractivity contribution in [1.82, 2.24) is 9.97 Å². The minimum absolute atomic E-state index is 0.420. The highest BCUT2D eigenvalue weighted by atomic mass is 15.1. The number of aryl methyl sites for hydroxylation is 1. The van der Waals surface area contributed by atoms with Crippen molar-refractivity contribution in [1.29, 1.82) is 0 Å². The maximum atomic E-state index is 4.60. The molecule has 0 saturated carbocycles. The van der Waals surface area contributed by atoms with Crippen molar-refractivity contribution in [3.63, 3.8) is 0 Å². The molecule has 2 unspecified atom stereocenters. The molecule has 0 aliphatic rings. The van der Waals surface area contributed by atoms with Gasteiger partial charge in [-0.15, -0.1) is 0 Å². The van der Waals surface area contributed by atoms with Gasteiger partial charge >= 0.3 is 0 Å². The third-order valence-corrected chi connectivity index (χ3v) is 3.48. The zero-order valence-electron chi connectivity index (χ0n) is 13.0. The van der Waals surface area contributed by atoms with E-state index in [1.807, 2.05) is 6.07 Å². The van der Waals surface area contributed by atoms with Gasteiger partial charge in [0, 0.05) is 25.1 Å². The summed E-state index contributed by atoms with van der Waals surface area (Å²) in [5, 5.41) is 6.77. The molecule has 2 N–H and O–H groups in total. The second-order valence-electron chi connectivity index (χ2n) is 5.15. The summed E-state index contributed by atoms with van der Waals surface area (Å²) in [4.78, 5) is 9.12. The third kappa shape index (κ3) is 5.05. The Morgan fingerprint density at radius 1 is 1.11 bits per heavy atom. The average molecular weight is 264 g/mol. The zero-order chi connectivity index (χ0) is 14.3. The monoisotopic (exact) mass is 264 g/mol. The lowest BCUT2D eigenvalue weighted by Crippen LogP contribution is -2.24. The SMILES string of the molecule is CCCc1nc(NCC)cc(NC(C)C(C)CC)n1. The standard InChI is InChI=1S/C15H28N4/c1-6-9-13-18-14(16-8-3)10-15(19-13)17-12(5)11(4)7-2/h10-12H,6-9H2,1-5H3,(H2,16,17,18,19). The molecular weight excluding hydrogens is 236 g/mol. The molecule has 19 heavy (non-hydrogen) atoms. The Bertz CT molecular complexity index is 354. The van der Waals surface area contributed by atoms with Crippen LogP contribution in [0.15, 0.2) is 6.07 Å². The van der Waals surface area contributed by atoms with Crippen LogP contribution in [-0.4, -0.2) is 22.6 Å². The quantitative estimate of drug-likeness (QED) is 0.751. The van der Waals surface area contributed by atoms with Crippen LogP contribution < -0.4 is 10.6 Å². The van der Waals surface area contributed by atoms with Gasteiger partial charge in [-0.1, -0.05) is 27.2 Å². The molecule has 0 aliphatic heterocycles. The highest BCUT2D eigenvalue weighted by molar-refractivity contribution is 5.48. The van der Waals surface area contributed by atoms with E-state index in [4.69, 9.17) is 0 Å². The van der Waals surface area contributed by atoms with E-state index in [9.17, 15) is 0 Å². The van der Waals surface area contributed by atoms with Crippen LogP contribution in [0.1, 0.15) is 53.3 Å². The fourth-order valence-electron chi connectivity index (χ4n) is 1.91. The van der Waals surface area contributed by atoms with Gasteiger partial charge in [0.25, 0.3) is 0 Å². The Kier molecular flexibility index (Phi) is 6.60. The van der Waals surface area contributed by atoms with Gasteiger partial charge in [-0.2, -0.15) is 0 Å². The summed E-state index contributed by atoms with van der Waals surface area (Å²) in [5.74, 6) is 3.40. The lowest BCUT2D eigenvalue weighted by molar-refractivity contribution is 0.493. The van der Waals surface area contributed by atoms with Crippen molar-refractivity contribution < 1.29 is 0 Å². The summed E-state index contributed by atoms with van der Waals surface area (Å²) in [7, 11) is 0. The predicted octanol–water partition coefficient (Wildman–Crippen LogP) is 3.71. The molecule has 0 bridgehead atoms. The van der Waals surface area contributed by atoms with Crippen LogP contribution in [-0.2, 0) is 6.42 Å². The Balaban J connectivity index is 2.85. The normalized spacial score (nSPS) is 13.9. The molecule has 2 atom stereocenters. The Morgan fingerprint density at radius 2 is 1.79 bits per heavy atom. The molecule has 108 valence electrons. The number of aromatic nitrogens is 2. The molecule has 4 nitrogen and oxygen atoms in total. The van der Waals surface area contributed by atoms with Gasteiger partial charge in [0.05, 0.1) is 0 Å². The molecule has 0 saturated heterocycles. The summed E-state index contributed by atoms with van der Waals surface area (Å²) in [6, 6.07) is 2.42. The molecule has 0 radical (unpaired) electrons. The second kappa shape index (κ2) is 7.97. The molecule has 0 aromatic carbocycles. The van der Waals surface area contributed by atoms with Crippen LogP contribution in [0.3, 0.4) is 0 Å². The van der Waals surface area contributed by atoms with E-state index in [1.54, 1.807) is 0 Å². The summed E-state index contributed by atoms with van der Waals surface area (Å²) >= 11 is 0. The highest BCUT2D eigenvalue weighted by Gasteiger charge is 2.12. The predicted molar refractivity (Wildman–Crippen MR) is 82.7 cm³/mol. The number of anilines is 2. The third-order valence-electron chi connectivity index (χ3n) is 3.48. The minimum Gasteiger partial charge on any atom is -0.370 e. The van der Waals surface area contributed by atoms with Crippen LogP contribution >= 0.6 is 0 Å². The van der Waals surface area contributed by atoms with Crippen molar-refractivity contribution in [2.24, 2.45) is 5.92 Å². The van der Waals surface area contributed by atoms with Crippen LogP contribution in [0.25, 0.3) is 0 Å². The second-order valence-corrected chi connectivity index (χ2v) is 5.15. The first-order valence-corrected chi connectivity index (χ1v) is 7.49. The van der Waals surface area contributed by atoms with Crippen LogP contribution in [0.4, 0.5) is 11.6 Å². The van der Waals surface area contributed by atoms with Crippen molar-refractivity contribution in [2.45, 2.75) is 59.9 Å². The Labute approximate surface area is 117 Å². The van der Waals surface area contributed by atoms with Gasteiger partial charge in [-0.05, 0) is 26.2 Å². The van der Waals surface area contributed by atoms with Crippen molar-refractivity contribution in [3.8, 4) is 0 Å². The number of nitrogens with zero attached hydrogens (tertiary/aromatic N) is 2. The summed E-state index contributed by atoms with van der Waals surface area (Å²) in [6.45, 7) is 11.8. The van der Waals surface area contributed by atoms with Crippen molar-refractivity contribution >= 4 is 11.6 Å². The van der Waals surface area contributed by atoms with E-state index in [2.05, 4.69) is 55.2 Å². The van der Waals surface area contributed by atoms with Gasteiger partial charge in [-0.3, -0.25) is 0 Å². The molecule has 1 aromatic rings. The molecule has 0 fully saturated rings. The van der Waals surface area contributed by atoms with Crippen LogP contribution in [0.2, 0.25) is 0 Å². The molecule has 0 amide bonds. The molecule has 1 aromatic heterocycles. The molecule has 1 heterocycles. The number of hydrogen-bond acceptors (Lipinski definition) is 4. The maximum absolute atomic E-state index is 4.60. The fourth-order valence-corrected chi connectivity index (χ4v) is 1.91. The largest absolute Gasteiger partial charge is 0.370 e. The molecule has 0 spiro atoms. The highest BCUT2D eigenvalue weighted by Crippen LogP contribution is 2.16. The van der Waals surface area contributed by atoms with Gasteiger partial charge in [-0.25, -0.2) is 9.97 Å². The van der Waals surface area contributed by atoms with Crippen molar-refractivity contribution in [3.05, 3.63) is 11.9 Å². The van der Waals surface area contributed by atoms with E-state index < -0.39 is 0 Å². The lowest BCUT2D eigenvalue weighted by Gasteiger charge is -2.21. The van der Waals surface area contributed by atoms with Crippen molar-refractivity contribution in [2.75, 3.05) is 17.2 Å². The molecule has 1 rings (SSSR count). The van der Waals surface area contributed by atoms with E-state index >= 15 is 0 Å². The zero-order valence-corrected chi connectivity index (χ0v) is 13.0. The number of nitrogens with one attached hydrogen (secondary N) is 2. The molecular formula is C15H28N4.